The Kier molecular flexibility index (Phi) is 6.27. The number of amides is 1. The Hall–Kier alpha value is -3.77. The fraction of sp³-hybridized carbons (Fsp3) is 0.200. The van der Waals surface area contributed by atoms with Gasteiger partial charge in [0.15, 0.2) is 0 Å². The average Bonchev–Trinajstić information content (AvgIpc) is 3.12. The normalized spacial score (nSPS) is 11.4. The highest BCUT2D eigenvalue weighted by Gasteiger charge is 2.24. The minimum atomic E-state index is -3.85. The SMILES string of the molecule is COc1ccc(C(=O)Nc2cc(C)nn2-c2ccc([N+](=O)[O-])cc2)cc1S(=O)(=O)N(C)C. The second-order valence-electron chi connectivity index (χ2n) is 6.96. The number of nitrogens with zero attached hydrogens (tertiary/aromatic N) is 4. The fourth-order valence-electron chi connectivity index (χ4n) is 2.91. The van der Waals surface area contributed by atoms with Crippen molar-refractivity contribution < 1.29 is 22.9 Å². The van der Waals surface area contributed by atoms with E-state index in [0.29, 0.717) is 17.2 Å². The predicted molar refractivity (Wildman–Crippen MR) is 117 cm³/mol. The van der Waals surface area contributed by atoms with E-state index >= 15 is 0 Å². The lowest BCUT2D eigenvalue weighted by molar-refractivity contribution is -0.384. The minimum absolute atomic E-state index is 0.0731. The molecule has 0 fully saturated rings. The van der Waals surface area contributed by atoms with Crippen LogP contribution in [0.25, 0.3) is 5.69 Å². The maximum atomic E-state index is 12.9. The summed E-state index contributed by atoms with van der Waals surface area (Å²) < 4.78 is 32.8. The molecule has 3 aromatic rings. The molecule has 0 radical (unpaired) electrons. The first-order valence-corrected chi connectivity index (χ1v) is 10.7. The van der Waals surface area contributed by atoms with Crippen molar-refractivity contribution in [2.45, 2.75) is 11.8 Å². The quantitative estimate of drug-likeness (QED) is 0.423. The van der Waals surface area contributed by atoms with Crippen LogP contribution in [0.1, 0.15) is 16.1 Å². The summed E-state index contributed by atoms with van der Waals surface area (Å²) in [6.45, 7) is 1.73. The maximum Gasteiger partial charge on any atom is 0.269 e. The molecule has 0 unspecified atom stereocenters. The van der Waals surface area contributed by atoms with E-state index in [1.54, 1.807) is 13.0 Å². The number of benzene rings is 2. The Morgan fingerprint density at radius 1 is 1.16 bits per heavy atom. The zero-order valence-electron chi connectivity index (χ0n) is 17.8. The van der Waals surface area contributed by atoms with Crippen molar-refractivity contribution in [1.82, 2.24) is 14.1 Å². The fourth-order valence-corrected chi connectivity index (χ4v) is 3.98. The van der Waals surface area contributed by atoms with E-state index in [-0.39, 0.29) is 21.9 Å². The zero-order valence-corrected chi connectivity index (χ0v) is 18.6. The van der Waals surface area contributed by atoms with Crippen molar-refractivity contribution in [3.05, 3.63) is 69.9 Å². The molecular formula is C20H21N5O6S. The molecule has 1 heterocycles. The third-order valence-corrected chi connectivity index (χ3v) is 6.40. The molecule has 0 spiro atoms. The lowest BCUT2D eigenvalue weighted by atomic mass is 10.2. The van der Waals surface area contributed by atoms with Gasteiger partial charge in [0.25, 0.3) is 11.6 Å². The number of aryl methyl sites for hydroxylation is 1. The average molecular weight is 459 g/mol. The molecule has 0 saturated heterocycles. The van der Waals surface area contributed by atoms with Crippen LogP contribution in [0.2, 0.25) is 0 Å². The molecule has 0 aliphatic rings. The molecule has 0 atom stereocenters. The summed E-state index contributed by atoms with van der Waals surface area (Å²) in [5.41, 5.74) is 1.13. The molecule has 2 aromatic carbocycles. The van der Waals surface area contributed by atoms with Crippen LogP contribution >= 0.6 is 0 Å². The second kappa shape index (κ2) is 8.77. The van der Waals surface area contributed by atoms with E-state index in [0.717, 1.165) is 4.31 Å². The number of rotatable bonds is 7. The second-order valence-corrected chi connectivity index (χ2v) is 9.08. The van der Waals surface area contributed by atoms with Crippen molar-refractivity contribution in [3.63, 3.8) is 0 Å². The Morgan fingerprint density at radius 3 is 2.38 bits per heavy atom. The van der Waals surface area contributed by atoms with Crippen LogP contribution in [0.15, 0.2) is 53.4 Å². The monoisotopic (exact) mass is 459 g/mol. The Labute approximate surface area is 184 Å². The number of anilines is 1. The number of hydrogen-bond donors (Lipinski definition) is 1. The van der Waals surface area contributed by atoms with Crippen LogP contribution < -0.4 is 10.1 Å². The molecule has 32 heavy (non-hydrogen) atoms. The van der Waals surface area contributed by atoms with E-state index in [1.165, 1.54) is 68.4 Å². The first-order chi connectivity index (χ1) is 15.0. The number of carbonyl (C=O) groups is 1. The van der Waals surface area contributed by atoms with E-state index in [1.807, 2.05) is 0 Å². The number of nitro groups is 1. The maximum absolute atomic E-state index is 12.9. The van der Waals surface area contributed by atoms with Gasteiger partial charge in [0.05, 0.1) is 23.4 Å². The lowest BCUT2D eigenvalue weighted by Crippen LogP contribution is -2.23. The molecule has 1 N–H and O–H groups in total. The van der Waals surface area contributed by atoms with Crippen molar-refractivity contribution in [2.24, 2.45) is 0 Å². The molecule has 0 aliphatic heterocycles. The highest BCUT2D eigenvalue weighted by Crippen LogP contribution is 2.27. The first kappa shape index (κ1) is 22.9. The topological polar surface area (TPSA) is 137 Å². The van der Waals surface area contributed by atoms with Crippen LogP contribution in [0, 0.1) is 17.0 Å². The highest BCUT2D eigenvalue weighted by atomic mass is 32.2. The van der Waals surface area contributed by atoms with Gasteiger partial charge in [-0.1, -0.05) is 0 Å². The number of nitro benzene ring substituents is 1. The van der Waals surface area contributed by atoms with Crippen molar-refractivity contribution in [2.75, 3.05) is 26.5 Å². The zero-order chi connectivity index (χ0) is 23.6. The van der Waals surface area contributed by atoms with E-state index < -0.39 is 20.9 Å². The lowest BCUT2D eigenvalue weighted by Gasteiger charge is -2.15. The summed E-state index contributed by atoms with van der Waals surface area (Å²) in [6, 6.07) is 11.4. The largest absolute Gasteiger partial charge is 0.495 e. The third kappa shape index (κ3) is 4.45. The molecule has 12 heteroatoms. The predicted octanol–water partition coefficient (Wildman–Crippen LogP) is 2.60. The number of carbonyl (C=O) groups excluding carboxylic acids is 1. The smallest absolute Gasteiger partial charge is 0.269 e. The summed E-state index contributed by atoms with van der Waals surface area (Å²) in [5, 5.41) is 17.9. The number of hydrogen-bond acceptors (Lipinski definition) is 7. The van der Waals surface area contributed by atoms with Crippen LogP contribution in [0.5, 0.6) is 5.75 Å². The summed E-state index contributed by atoms with van der Waals surface area (Å²) in [7, 11) is 0.256. The summed E-state index contributed by atoms with van der Waals surface area (Å²) >= 11 is 0. The minimum Gasteiger partial charge on any atom is -0.495 e. The standard InChI is InChI=1S/C20H21N5O6S/c1-13-11-19(24(22-13)15-6-8-16(9-7-15)25(27)28)21-20(26)14-5-10-17(31-4)18(12-14)32(29,30)23(2)3/h5-12H,1-4H3,(H,21,26). The molecule has 1 amide bonds. The summed E-state index contributed by atoms with van der Waals surface area (Å²) in [6.07, 6.45) is 0. The van der Waals surface area contributed by atoms with Gasteiger partial charge in [-0.3, -0.25) is 14.9 Å². The Balaban J connectivity index is 1.96. The summed E-state index contributed by atoms with van der Waals surface area (Å²) in [5.74, 6) is -0.137. The van der Waals surface area contributed by atoms with E-state index in [9.17, 15) is 23.3 Å². The number of sulfonamides is 1. The van der Waals surface area contributed by atoms with E-state index in [2.05, 4.69) is 10.4 Å². The molecule has 0 saturated carbocycles. The number of non-ortho nitro benzene ring substituents is 1. The molecule has 1 aromatic heterocycles. The van der Waals surface area contributed by atoms with Crippen LogP contribution in [-0.4, -0.2) is 54.5 Å². The number of ether oxygens (including phenoxy) is 1. The van der Waals surface area contributed by atoms with Gasteiger partial charge in [0.2, 0.25) is 10.0 Å². The highest BCUT2D eigenvalue weighted by molar-refractivity contribution is 7.89. The molecular weight excluding hydrogens is 438 g/mol. The van der Waals surface area contributed by atoms with Gasteiger partial charge in [0.1, 0.15) is 16.5 Å². The first-order valence-electron chi connectivity index (χ1n) is 9.28. The molecule has 3 rings (SSSR count). The van der Waals surface area contributed by atoms with Crippen LogP contribution in [-0.2, 0) is 10.0 Å². The van der Waals surface area contributed by atoms with Crippen molar-refractivity contribution in [1.29, 1.82) is 0 Å². The Bertz CT molecular complexity index is 1280. The van der Waals surface area contributed by atoms with Crippen molar-refractivity contribution in [3.8, 4) is 11.4 Å². The molecule has 168 valence electrons. The van der Waals surface area contributed by atoms with Crippen LogP contribution in [0.3, 0.4) is 0 Å². The number of methoxy groups -OCH3 is 1. The molecule has 0 aliphatic carbocycles. The van der Waals surface area contributed by atoms with Gasteiger partial charge in [-0.15, -0.1) is 0 Å². The number of nitrogens with one attached hydrogen (secondary N) is 1. The molecule has 11 nitrogen and oxygen atoms in total. The third-order valence-electron chi connectivity index (χ3n) is 4.56. The van der Waals surface area contributed by atoms with Gasteiger partial charge >= 0.3 is 0 Å². The summed E-state index contributed by atoms with van der Waals surface area (Å²) in [4.78, 5) is 23.1. The van der Waals surface area contributed by atoms with Crippen LogP contribution in [0.4, 0.5) is 11.5 Å². The van der Waals surface area contributed by atoms with Gasteiger partial charge in [-0.2, -0.15) is 5.10 Å². The Morgan fingerprint density at radius 2 is 1.81 bits per heavy atom. The number of aromatic nitrogens is 2. The van der Waals surface area contributed by atoms with Gasteiger partial charge in [-0.25, -0.2) is 17.4 Å². The van der Waals surface area contributed by atoms with Gasteiger partial charge in [0, 0.05) is 37.9 Å². The van der Waals surface area contributed by atoms with Gasteiger partial charge in [-0.05, 0) is 37.3 Å². The molecule has 0 bridgehead atoms. The van der Waals surface area contributed by atoms with Gasteiger partial charge < -0.3 is 10.1 Å². The van der Waals surface area contributed by atoms with E-state index in [4.69, 9.17) is 4.74 Å². The van der Waals surface area contributed by atoms with Crippen molar-refractivity contribution >= 4 is 27.4 Å².